The number of hydrogen-bond acceptors (Lipinski definition) is 10. The molecule has 2 amide bonds. The molecule has 13 nitrogen and oxygen atoms in total. The first-order valence-corrected chi connectivity index (χ1v) is 9.73. The summed E-state index contributed by atoms with van der Waals surface area (Å²) in [5.41, 5.74) is 0.148. The molecule has 0 saturated carbocycles. The monoisotopic (exact) mass is 426 g/mol. The van der Waals surface area contributed by atoms with E-state index in [1.54, 1.807) is 0 Å². The van der Waals surface area contributed by atoms with E-state index < -0.39 is 33.0 Å². The van der Waals surface area contributed by atoms with E-state index in [4.69, 9.17) is 14.2 Å². The van der Waals surface area contributed by atoms with Gasteiger partial charge in [-0.3, -0.25) is 14.8 Å². The highest BCUT2D eigenvalue weighted by atomic mass is 32.2. The Kier molecular flexibility index (Phi) is 5.54. The van der Waals surface area contributed by atoms with Gasteiger partial charge in [0.15, 0.2) is 0 Å². The lowest BCUT2D eigenvalue weighted by Crippen LogP contribution is -2.35. The third kappa shape index (κ3) is 4.37. The third-order valence-corrected chi connectivity index (χ3v) is 5.22. The second kappa shape index (κ2) is 7.90. The number of hydrogen-bond donors (Lipinski definition) is 2. The number of esters is 1. The smallest absolute Gasteiger partial charge is 0.335 e. The van der Waals surface area contributed by atoms with Crippen LogP contribution in [0.2, 0.25) is 0 Å². The maximum atomic E-state index is 12.7. The number of rotatable bonds is 6. The molecule has 0 aromatic carbocycles. The number of aromatic nitrogens is 4. The van der Waals surface area contributed by atoms with Gasteiger partial charge in [-0.25, -0.2) is 9.52 Å². The van der Waals surface area contributed by atoms with Gasteiger partial charge in [-0.05, 0) is 6.42 Å². The first kappa shape index (κ1) is 20.3. The van der Waals surface area contributed by atoms with Crippen molar-refractivity contribution in [2.75, 3.05) is 26.1 Å². The molecule has 1 fully saturated rings. The van der Waals surface area contributed by atoms with E-state index in [0.29, 0.717) is 6.42 Å². The lowest BCUT2D eigenvalue weighted by atomic mass is 10.0. The average molecular weight is 426 g/mol. The molecule has 1 saturated heterocycles. The van der Waals surface area contributed by atoms with Crippen LogP contribution < -0.4 is 19.5 Å². The van der Waals surface area contributed by atoms with Gasteiger partial charge < -0.3 is 14.2 Å². The number of cyclic esters (lactones) is 1. The molecular formula is C15H18N6O7S. The predicted octanol–water partition coefficient (Wildman–Crippen LogP) is -0.232. The minimum absolute atomic E-state index is 0.0989. The molecule has 2 N–H and O–H groups in total. The number of nitrogens with one attached hydrogen (secondary N) is 2. The van der Waals surface area contributed by atoms with Gasteiger partial charge in [-0.15, -0.1) is 0 Å². The van der Waals surface area contributed by atoms with E-state index in [1.165, 1.54) is 38.2 Å². The third-order valence-electron chi connectivity index (χ3n) is 3.94. The SMILES string of the molecule is COc1cc(OC)nc(NC(=O)NS(=O)(=O)c2nn(C)cc2C2CCOC2=O)n1. The van der Waals surface area contributed by atoms with E-state index in [0.717, 1.165) is 0 Å². The Bertz CT molecular complexity index is 1030. The van der Waals surface area contributed by atoms with E-state index in [2.05, 4.69) is 20.4 Å². The summed E-state index contributed by atoms with van der Waals surface area (Å²) in [6, 6.07) is 0.242. The number of carbonyl (C=O) groups is 2. The fourth-order valence-corrected chi connectivity index (χ4v) is 3.81. The minimum atomic E-state index is -4.40. The van der Waals surface area contributed by atoms with Crippen molar-refractivity contribution in [1.29, 1.82) is 0 Å². The Balaban J connectivity index is 1.81. The van der Waals surface area contributed by atoms with Gasteiger partial charge >= 0.3 is 12.0 Å². The number of sulfonamides is 1. The van der Waals surface area contributed by atoms with Gasteiger partial charge in [0.25, 0.3) is 10.0 Å². The predicted molar refractivity (Wildman–Crippen MR) is 96.0 cm³/mol. The van der Waals surface area contributed by atoms with Crippen molar-refractivity contribution >= 4 is 28.0 Å². The Morgan fingerprint density at radius 3 is 2.48 bits per heavy atom. The molecule has 1 aliphatic rings. The van der Waals surface area contributed by atoms with Crippen LogP contribution in [-0.2, 0) is 26.6 Å². The van der Waals surface area contributed by atoms with Gasteiger partial charge in [0.1, 0.15) is 0 Å². The van der Waals surface area contributed by atoms with Crippen LogP contribution in [0.1, 0.15) is 17.9 Å². The maximum Gasteiger partial charge on any atom is 0.335 e. The summed E-state index contributed by atoms with van der Waals surface area (Å²) in [5.74, 6) is -1.36. The van der Waals surface area contributed by atoms with E-state index in [9.17, 15) is 18.0 Å². The molecule has 156 valence electrons. The van der Waals surface area contributed by atoms with Crippen molar-refractivity contribution in [3.63, 3.8) is 0 Å². The highest BCUT2D eigenvalue weighted by molar-refractivity contribution is 7.90. The van der Waals surface area contributed by atoms with Crippen LogP contribution in [0.4, 0.5) is 10.7 Å². The molecule has 1 atom stereocenters. The van der Waals surface area contributed by atoms with Gasteiger partial charge in [-0.1, -0.05) is 0 Å². The quantitative estimate of drug-likeness (QED) is 0.590. The van der Waals surface area contributed by atoms with E-state index in [1.807, 2.05) is 4.72 Å². The number of carbonyl (C=O) groups excluding carboxylic acids is 2. The average Bonchev–Trinajstić information content (AvgIpc) is 3.26. The molecule has 29 heavy (non-hydrogen) atoms. The zero-order valence-corrected chi connectivity index (χ0v) is 16.5. The number of amides is 2. The standard InChI is InChI=1S/C15H18N6O7S/c1-21-7-9(8-4-5-28-13(8)22)12(19-21)29(24,25)20-15(23)18-14-16-10(26-2)6-11(17-14)27-3/h6-8H,4-5H2,1-3H3,(H2,16,17,18,20,23). The summed E-state index contributed by atoms with van der Waals surface area (Å²) in [4.78, 5) is 31.8. The van der Waals surface area contributed by atoms with E-state index >= 15 is 0 Å². The number of nitrogens with zero attached hydrogens (tertiary/aromatic N) is 4. The molecule has 1 unspecified atom stereocenters. The van der Waals surface area contributed by atoms with Crippen molar-refractivity contribution in [1.82, 2.24) is 24.5 Å². The van der Waals surface area contributed by atoms with Crippen LogP contribution in [0.3, 0.4) is 0 Å². The fraction of sp³-hybridized carbons (Fsp3) is 0.400. The number of aryl methyl sites for hydroxylation is 1. The van der Waals surface area contributed by atoms with Gasteiger partial charge in [0, 0.05) is 18.8 Å². The fourth-order valence-electron chi connectivity index (χ4n) is 2.68. The van der Waals surface area contributed by atoms with Crippen molar-refractivity contribution in [3.05, 3.63) is 17.8 Å². The first-order valence-electron chi connectivity index (χ1n) is 8.24. The zero-order valence-electron chi connectivity index (χ0n) is 15.7. The largest absolute Gasteiger partial charge is 0.481 e. The summed E-state index contributed by atoms with van der Waals surface area (Å²) in [6.45, 7) is 0.181. The molecule has 3 rings (SSSR count). The normalized spacial score (nSPS) is 16.2. The summed E-state index contributed by atoms with van der Waals surface area (Å²) < 4.78 is 43.2. The molecule has 14 heteroatoms. The van der Waals surface area contributed by atoms with Crippen molar-refractivity contribution in [2.45, 2.75) is 17.4 Å². The number of ether oxygens (including phenoxy) is 3. The Morgan fingerprint density at radius 2 is 1.93 bits per heavy atom. The molecule has 2 aromatic heterocycles. The summed E-state index contributed by atoms with van der Waals surface area (Å²) in [5, 5.41) is 5.63. The van der Waals surface area contributed by atoms with Crippen molar-refractivity contribution < 1.29 is 32.2 Å². The molecule has 0 aliphatic carbocycles. The van der Waals surface area contributed by atoms with Crippen LogP contribution >= 0.6 is 0 Å². The molecular weight excluding hydrogens is 408 g/mol. The molecule has 0 radical (unpaired) electrons. The second-order valence-corrected chi connectivity index (χ2v) is 7.51. The van der Waals surface area contributed by atoms with Crippen LogP contribution in [0, 0.1) is 0 Å². The number of methoxy groups -OCH3 is 2. The van der Waals surface area contributed by atoms with Crippen LogP contribution in [0.5, 0.6) is 11.8 Å². The first-order chi connectivity index (χ1) is 13.7. The highest BCUT2D eigenvalue weighted by Gasteiger charge is 2.36. The maximum absolute atomic E-state index is 12.7. The Labute approximate surface area is 165 Å². The lowest BCUT2D eigenvalue weighted by Gasteiger charge is -2.10. The topological polar surface area (TPSA) is 164 Å². The van der Waals surface area contributed by atoms with Gasteiger partial charge in [-0.2, -0.15) is 23.5 Å². The molecule has 0 bridgehead atoms. The molecule has 2 aromatic rings. The van der Waals surface area contributed by atoms with Gasteiger partial charge in [0.2, 0.25) is 22.7 Å². The number of anilines is 1. The summed E-state index contributed by atoms with van der Waals surface area (Å²) in [7, 11) is -0.194. The van der Waals surface area contributed by atoms with Crippen molar-refractivity contribution in [2.24, 2.45) is 7.05 Å². The lowest BCUT2D eigenvalue weighted by molar-refractivity contribution is -0.139. The molecule has 0 spiro atoms. The summed E-state index contributed by atoms with van der Waals surface area (Å²) >= 11 is 0. The van der Waals surface area contributed by atoms with E-state index in [-0.39, 0.29) is 29.9 Å². The van der Waals surface area contributed by atoms with Crippen LogP contribution in [0.15, 0.2) is 17.3 Å². The van der Waals surface area contributed by atoms with Crippen molar-refractivity contribution in [3.8, 4) is 11.8 Å². The van der Waals surface area contributed by atoms with Crippen LogP contribution in [0.25, 0.3) is 0 Å². The Hall–Kier alpha value is -3.42. The van der Waals surface area contributed by atoms with Gasteiger partial charge in [0.05, 0.1) is 32.8 Å². The summed E-state index contributed by atoms with van der Waals surface area (Å²) in [6.07, 6.45) is 1.72. The molecule has 3 heterocycles. The Morgan fingerprint density at radius 1 is 1.28 bits per heavy atom. The minimum Gasteiger partial charge on any atom is -0.481 e. The second-order valence-electron chi connectivity index (χ2n) is 5.91. The zero-order chi connectivity index (χ0) is 21.2. The highest BCUT2D eigenvalue weighted by Crippen LogP contribution is 2.30. The number of urea groups is 1. The van der Waals surface area contributed by atoms with Crippen LogP contribution in [-0.4, -0.2) is 61.0 Å². The molecule has 1 aliphatic heterocycles.